The zero-order valence-corrected chi connectivity index (χ0v) is 21.0. The first kappa shape index (κ1) is 26.0. The molecule has 2 aromatic carbocycles. The number of halogens is 1. The van der Waals surface area contributed by atoms with E-state index in [0.29, 0.717) is 30.1 Å². The monoisotopic (exact) mass is 506 g/mol. The predicted molar refractivity (Wildman–Crippen MR) is 138 cm³/mol. The van der Waals surface area contributed by atoms with Crippen molar-refractivity contribution in [3.63, 3.8) is 0 Å². The average Bonchev–Trinajstić information content (AvgIpc) is 2.75. The lowest BCUT2D eigenvalue weighted by molar-refractivity contribution is -0.105. The number of sulfonamides is 1. The van der Waals surface area contributed by atoms with Gasteiger partial charge in [-0.3, -0.25) is 4.79 Å². The predicted octanol–water partition coefficient (Wildman–Crippen LogP) is 2.63. The molecule has 0 bridgehead atoms. The fourth-order valence-corrected chi connectivity index (χ4v) is 5.81. The molecular formula is C23H31ClN6O3S. The molecule has 0 aromatic heterocycles. The number of anilines is 3. The van der Waals surface area contributed by atoms with Gasteiger partial charge in [-0.25, -0.2) is 8.42 Å². The smallest absolute Gasteiger partial charge is 0.245 e. The topological polar surface area (TPSA) is 123 Å². The Hall–Kier alpha value is -2.66. The molecule has 0 unspecified atom stereocenters. The van der Waals surface area contributed by atoms with E-state index < -0.39 is 10.0 Å². The molecule has 2 heterocycles. The molecule has 2 aromatic rings. The zero-order chi connectivity index (χ0) is 24.9. The van der Waals surface area contributed by atoms with Crippen LogP contribution in [0.5, 0.6) is 0 Å². The number of carbonyl (C=O) groups is 1. The first-order valence-electron chi connectivity index (χ1n) is 11.0. The summed E-state index contributed by atoms with van der Waals surface area (Å²) in [5, 5.41) is 10.5. The van der Waals surface area contributed by atoms with Crippen molar-refractivity contribution in [2.75, 3.05) is 62.3 Å². The number of nitrogens with zero attached hydrogens (tertiary/aromatic N) is 3. The molecule has 0 radical (unpaired) electrons. The van der Waals surface area contributed by atoms with Gasteiger partial charge >= 0.3 is 0 Å². The van der Waals surface area contributed by atoms with Gasteiger partial charge in [0.15, 0.2) is 0 Å². The van der Waals surface area contributed by atoms with Crippen LogP contribution in [0.3, 0.4) is 0 Å². The van der Waals surface area contributed by atoms with Gasteiger partial charge in [-0.05, 0) is 56.3 Å². The lowest BCUT2D eigenvalue weighted by atomic mass is 10.1. The minimum absolute atomic E-state index is 0.121. The second-order valence-corrected chi connectivity index (χ2v) is 10.7. The number of piperazine rings is 1. The van der Waals surface area contributed by atoms with Crippen LogP contribution in [0, 0.1) is 12.3 Å². The van der Waals surface area contributed by atoms with Gasteiger partial charge in [0.25, 0.3) is 0 Å². The number of hydrogen-bond acceptors (Lipinski definition) is 7. The molecule has 0 saturated carbocycles. The number of carbonyl (C=O) groups excluding carboxylic acids is 1. The molecule has 34 heavy (non-hydrogen) atoms. The van der Waals surface area contributed by atoms with Gasteiger partial charge in [-0.2, -0.15) is 4.31 Å². The van der Waals surface area contributed by atoms with E-state index in [2.05, 4.69) is 22.2 Å². The molecule has 11 heteroatoms. The van der Waals surface area contributed by atoms with E-state index in [1.165, 1.54) is 4.31 Å². The third-order valence-electron chi connectivity index (χ3n) is 5.92. The SMILES string of the molecule is CN1CCN(c2ccc(NC=O)cc2Cl)CC1.Cc1cc(C=N)c(N)c(S(=O)(=O)N2CCC2)c1. The minimum atomic E-state index is -3.48. The van der Waals surface area contributed by atoms with Crippen LogP contribution in [0.25, 0.3) is 0 Å². The van der Waals surface area contributed by atoms with Crippen LogP contribution in [0.4, 0.5) is 17.1 Å². The highest BCUT2D eigenvalue weighted by Gasteiger charge is 2.31. The van der Waals surface area contributed by atoms with Gasteiger partial charge in [0.05, 0.1) is 16.4 Å². The summed E-state index contributed by atoms with van der Waals surface area (Å²) in [6.07, 6.45) is 2.63. The number of benzene rings is 2. The molecule has 4 N–H and O–H groups in total. The van der Waals surface area contributed by atoms with Crippen LogP contribution >= 0.6 is 11.6 Å². The van der Waals surface area contributed by atoms with E-state index in [1.54, 1.807) is 25.1 Å². The number of nitrogens with one attached hydrogen (secondary N) is 2. The molecular weight excluding hydrogens is 476 g/mol. The summed E-state index contributed by atoms with van der Waals surface area (Å²) in [6, 6.07) is 8.88. The molecule has 9 nitrogen and oxygen atoms in total. The average molecular weight is 507 g/mol. The number of likely N-dealkylation sites (N-methyl/N-ethyl adjacent to an activating group) is 1. The Balaban J connectivity index is 0.000000191. The normalized spacial score (nSPS) is 16.7. The summed E-state index contributed by atoms with van der Waals surface area (Å²) in [5.74, 6) is 0. The van der Waals surface area contributed by atoms with E-state index in [4.69, 9.17) is 22.7 Å². The van der Waals surface area contributed by atoms with Gasteiger partial charge in [-0.15, -0.1) is 0 Å². The van der Waals surface area contributed by atoms with Crippen molar-refractivity contribution in [1.82, 2.24) is 9.21 Å². The third kappa shape index (κ3) is 5.87. The van der Waals surface area contributed by atoms with Crippen LogP contribution in [0.1, 0.15) is 17.5 Å². The number of amides is 1. The Morgan fingerprint density at radius 2 is 1.76 bits per heavy atom. The number of rotatable bonds is 6. The second-order valence-electron chi connectivity index (χ2n) is 8.39. The summed E-state index contributed by atoms with van der Waals surface area (Å²) >= 11 is 6.22. The number of aryl methyl sites for hydroxylation is 1. The molecule has 2 aliphatic heterocycles. The molecule has 2 saturated heterocycles. The van der Waals surface area contributed by atoms with Crippen LogP contribution in [-0.2, 0) is 14.8 Å². The van der Waals surface area contributed by atoms with Gasteiger partial charge in [0.1, 0.15) is 4.90 Å². The number of nitrogen functional groups attached to an aromatic ring is 1. The highest BCUT2D eigenvalue weighted by atomic mass is 35.5. The lowest BCUT2D eigenvalue weighted by Crippen LogP contribution is -2.44. The van der Waals surface area contributed by atoms with Crippen LogP contribution < -0.4 is 16.0 Å². The van der Waals surface area contributed by atoms with Gasteiger partial charge < -0.3 is 26.3 Å². The van der Waals surface area contributed by atoms with E-state index in [1.807, 2.05) is 12.1 Å². The Kier molecular flexibility index (Phi) is 8.53. The maximum Gasteiger partial charge on any atom is 0.245 e. The van der Waals surface area contributed by atoms with E-state index >= 15 is 0 Å². The maximum atomic E-state index is 12.2. The fraction of sp³-hybridized carbons (Fsp3) is 0.391. The van der Waals surface area contributed by atoms with Crippen LogP contribution in [0.2, 0.25) is 5.02 Å². The lowest BCUT2D eigenvalue weighted by Gasteiger charge is -2.34. The summed E-state index contributed by atoms with van der Waals surface area (Å²) < 4.78 is 25.9. The quantitative estimate of drug-likeness (QED) is 0.314. The Morgan fingerprint density at radius 1 is 1.09 bits per heavy atom. The molecule has 184 valence electrons. The molecule has 1 amide bonds. The maximum absolute atomic E-state index is 12.2. The van der Waals surface area contributed by atoms with Gasteiger partial charge in [0.2, 0.25) is 16.4 Å². The van der Waals surface area contributed by atoms with Crippen molar-refractivity contribution in [1.29, 1.82) is 5.41 Å². The Bertz CT molecular complexity index is 1150. The largest absolute Gasteiger partial charge is 0.397 e. The Morgan fingerprint density at radius 3 is 2.29 bits per heavy atom. The third-order valence-corrected chi connectivity index (χ3v) is 8.17. The summed E-state index contributed by atoms with van der Waals surface area (Å²) in [5.41, 5.74) is 8.97. The van der Waals surface area contributed by atoms with Crippen molar-refractivity contribution in [3.8, 4) is 0 Å². The van der Waals surface area contributed by atoms with E-state index in [9.17, 15) is 13.2 Å². The van der Waals surface area contributed by atoms with Crippen molar-refractivity contribution in [2.45, 2.75) is 18.2 Å². The highest BCUT2D eigenvalue weighted by molar-refractivity contribution is 7.89. The first-order valence-corrected chi connectivity index (χ1v) is 12.8. The van der Waals surface area contributed by atoms with Gasteiger partial charge in [-0.1, -0.05) is 11.6 Å². The molecule has 2 aliphatic rings. The fourth-order valence-electron chi connectivity index (χ4n) is 3.76. The van der Waals surface area contributed by atoms with Crippen molar-refractivity contribution < 1.29 is 13.2 Å². The van der Waals surface area contributed by atoms with Crippen molar-refractivity contribution >= 4 is 51.3 Å². The molecule has 0 spiro atoms. The van der Waals surface area contributed by atoms with Crippen LogP contribution in [-0.4, -0.2) is 76.6 Å². The van der Waals surface area contributed by atoms with E-state index in [0.717, 1.165) is 55.8 Å². The summed E-state index contributed by atoms with van der Waals surface area (Å²) in [7, 11) is -1.36. The first-order chi connectivity index (χ1) is 16.2. The van der Waals surface area contributed by atoms with Crippen molar-refractivity contribution in [3.05, 3.63) is 46.5 Å². The van der Waals surface area contributed by atoms with Crippen molar-refractivity contribution in [2.24, 2.45) is 0 Å². The van der Waals surface area contributed by atoms with Gasteiger partial charge in [0, 0.05) is 56.7 Å². The van der Waals surface area contributed by atoms with Crippen LogP contribution in [0.15, 0.2) is 35.2 Å². The molecule has 0 aliphatic carbocycles. The zero-order valence-electron chi connectivity index (χ0n) is 19.4. The highest BCUT2D eigenvalue weighted by Crippen LogP contribution is 2.30. The standard InChI is InChI=1S/C12H16ClN3O.C11H15N3O2S/c1-15-4-6-16(7-5-15)12-3-2-10(14-9-17)8-11(12)13;1-8-5-9(7-12)11(13)10(6-8)17(15,16)14-3-2-4-14/h2-3,8-9H,4-7H2,1H3,(H,14,17);5-7,12H,2-4,13H2,1H3. The Labute approximate surface area is 206 Å². The second kappa shape index (κ2) is 11.2. The molecule has 0 atom stereocenters. The minimum Gasteiger partial charge on any atom is -0.397 e. The van der Waals surface area contributed by atoms with E-state index in [-0.39, 0.29) is 10.6 Å². The number of hydrogen-bond donors (Lipinski definition) is 3. The number of nitrogens with two attached hydrogens (primary N) is 1. The molecule has 2 fully saturated rings. The summed E-state index contributed by atoms with van der Waals surface area (Å²) in [6.45, 7) is 6.95. The summed E-state index contributed by atoms with van der Waals surface area (Å²) in [4.78, 5) is 15.0. The molecule has 4 rings (SSSR count).